The second-order valence-corrected chi connectivity index (χ2v) is 5.34. The van der Waals surface area contributed by atoms with Gasteiger partial charge in [-0.1, -0.05) is 29.1 Å². The summed E-state index contributed by atoms with van der Waals surface area (Å²) in [6.07, 6.45) is 0. The van der Waals surface area contributed by atoms with E-state index in [0.29, 0.717) is 0 Å². The standard InChI is InChI=1S/C14H7Cl2O2.C5H5.Fe/c15-10-7-11(14(18)12(16)8-10)13(17)6-5-9-3-1-2-4-9;1-2-4-5-3-1;/h1-4,7-8,18H;1-5H;/q2*-1;+2. The first-order chi connectivity index (χ1) is 11.1. The van der Waals surface area contributed by atoms with Crippen molar-refractivity contribution < 1.29 is 27.0 Å². The molecule has 2 nitrogen and oxygen atoms in total. The molecule has 0 unspecified atom stereocenters. The molecule has 1 N–H and O–H groups in total. The van der Waals surface area contributed by atoms with E-state index in [4.69, 9.17) is 23.2 Å². The maximum atomic E-state index is 11.8. The normalized spacial score (nSPS) is 8.92. The molecule has 0 aliphatic rings. The Balaban J connectivity index is 0.000000412. The van der Waals surface area contributed by atoms with Gasteiger partial charge in [-0.15, -0.1) is 11.6 Å². The first kappa shape index (κ1) is 20.1. The fourth-order valence-electron chi connectivity index (χ4n) is 1.71. The number of phenolic OH excluding ortho intramolecular Hbond substituents is 1. The van der Waals surface area contributed by atoms with E-state index in [0.717, 1.165) is 5.56 Å². The van der Waals surface area contributed by atoms with Gasteiger partial charge in [0.1, 0.15) is 5.75 Å². The number of rotatable bonds is 1. The van der Waals surface area contributed by atoms with Gasteiger partial charge in [-0.25, -0.2) is 12.1 Å². The van der Waals surface area contributed by atoms with Gasteiger partial charge in [0.2, 0.25) is 5.78 Å². The molecular formula is C19H12Cl2FeO2. The average molecular weight is 399 g/mol. The number of ketones is 1. The molecule has 0 amide bonds. The van der Waals surface area contributed by atoms with E-state index >= 15 is 0 Å². The maximum Gasteiger partial charge on any atom is 2.00 e. The van der Waals surface area contributed by atoms with E-state index in [1.54, 1.807) is 12.1 Å². The molecule has 3 aromatic carbocycles. The number of benzene rings is 1. The van der Waals surface area contributed by atoms with Crippen LogP contribution in [0.15, 0.2) is 66.7 Å². The van der Waals surface area contributed by atoms with Crippen LogP contribution in [0.2, 0.25) is 10.0 Å². The van der Waals surface area contributed by atoms with Gasteiger partial charge in [-0.05, 0) is 12.1 Å². The smallest absolute Gasteiger partial charge is 0.506 e. The van der Waals surface area contributed by atoms with Crippen LogP contribution in [-0.2, 0) is 17.1 Å². The van der Waals surface area contributed by atoms with Crippen molar-refractivity contribution in [3.05, 3.63) is 87.9 Å². The average Bonchev–Trinajstić information content (AvgIpc) is 3.24. The minimum absolute atomic E-state index is 0. The van der Waals surface area contributed by atoms with Crippen LogP contribution in [0.4, 0.5) is 0 Å². The third-order valence-electron chi connectivity index (χ3n) is 2.81. The molecular weight excluding hydrogens is 387 g/mol. The summed E-state index contributed by atoms with van der Waals surface area (Å²) in [5.41, 5.74) is 0.738. The number of hydrogen-bond acceptors (Lipinski definition) is 2. The molecule has 3 rings (SSSR count). The summed E-state index contributed by atoms with van der Waals surface area (Å²) in [7, 11) is 0. The van der Waals surface area contributed by atoms with Crippen molar-refractivity contribution >= 4 is 29.0 Å². The van der Waals surface area contributed by atoms with Crippen molar-refractivity contribution in [2.45, 2.75) is 0 Å². The summed E-state index contributed by atoms with van der Waals surface area (Å²) < 4.78 is 0. The molecule has 122 valence electrons. The quantitative estimate of drug-likeness (QED) is 0.269. The van der Waals surface area contributed by atoms with Crippen molar-refractivity contribution in [3.8, 4) is 17.6 Å². The van der Waals surface area contributed by atoms with Crippen molar-refractivity contribution in [1.82, 2.24) is 0 Å². The van der Waals surface area contributed by atoms with Gasteiger partial charge >= 0.3 is 17.1 Å². The zero-order chi connectivity index (χ0) is 16.7. The SMILES string of the molecule is O=C(C#Cc1ccc[cH-]1)c1cc(Cl)cc(Cl)c1O.[Fe+2].c1cc[cH-]c1. The Labute approximate surface area is 161 Å². The Kier molecular flexibility index (Phi) is 8.40. The molecule has 0 saturated heterocycles. The molecule has 0 aliphatic heterocycles. The maximum absolute atomic E-state index is 11.8. The van der Waals surface area contributed by atoms with Crippen LogP contribution >= 0.6 is 23.2 Å². The number of aromatic hydroxyl groups is 1. The number of carbonyl (C=O) groups excluding carboxylic acids is 1. The van der Waals surface area contributed by atoms with E-state index in [2.05, 4.69) is 11.8 Å². The molecule has 0 heterocycles. The van der Waals surface area contributed by atoms with Crippen LogP contribution in [0.25, 0.3) is 0 Å². The van der Waals surface area contributed by atoms with Crippen LogP contribution in [0, 0.1) is 11.8 Å². The van der Waals surface area contributed by atoms with Crippen LogP contribution in [-0.4, -0.2) is 10.9 Å². The monoisotopic (exact) mass is 398 g/mol. The van der Waals surface area contributed by atoms with E-state index in [-0.39, 0.29) is 38.4 Å². The van der Waals surface area contributed by atoms with Gasteiger partial charge in [-0.3, -0.25) is 4.79 Å². The molecule has 0 aliphatic carbocycles. The fraction of sp³-hybridized carbons (Fsp3) is 0. The summed E-state index contributed by atoms with van der Waals surface area (Å²) in [4.78, 5) is 11.8. The summed E-state index contributed by atoms with van der Waals surface area (Å²) >= 11 is 11.5. The largest absolute Gasteiger partial charge is 2.00 e. The van der Waals surface area contributed by atoms with Crippen LogP contribution < -0.4 is 0 Å². The van der Waals surface area contributed by atoms with Crippen LogP contribution in [0.3, 0.4) is 0 Å². The topological polar surface area (TPSA) is 37.3 Å². The molecule has 5 heteroatoms. The Bertz CT molecular complexity index is 809. The van der Waals surface area contributed by atoms with E-state index in [9.17, 15) is 9.90 Å². The van der Waals surface area contributed by atoms with Gasteiger partial charge in [0.15, 0.2) is 0 Å². The van der Waals surface area contributed by atoms with Crippen LogP contribution in [0.5, 0.6) is 5.75 Å². The first-order valence-electron chi connectivity index (χ1n) is 6.70. The van der Waals surface area contributed by atoms with Crippen molar-refractivity contribution in [3.63, 3.8) is 0 Å². The summed E-state index contributed by atoms with van der Waals surface area (Å²) in [6, 6.07) is 19.9. The minimum atomic E-state index is -0.530. The van der Waals surface area contributed by atoms with Gasteiger partial charge in [0, 0.05) is 5.02 Å². The van der Waals surface area contributed by atoms with Crippen LogP contribution in [0.1, 0.15) is 15.9 Å². The molecule has 0 aromatic heterocycles. The molecule has 0 radical (unpaired) electrons. The number of halogens is 2. The molecule has 0 fully saturated rings. The van der Waals surface area contributed by atoms with E-state index in [1.807, 2.05) is 42.5 Å². The Morgan fingerprint density at radius 1 is 1.08 bits per heavy atom. The second kappa shape index (κ2) is 10.0. The predicted molar refractivity (Wildman–Crippen MR) is 93.4 cm³/mol. The Morgan fingerprint density at radius 2 is 1.79 bits per heavy atom. The number of phenols is 1. The third-order valence-corrected chi connectivity index (χ3v) is 3.32. The van der Waals surface area contributed by atoms with Gasteiger partial charge in [0.05, 0.1) is 10.6 Å². The third kappa shape index (κ3) is 5.92. The summed E-state index contributed by atoms with van der Waals surface area (Å²) in [5, 5.41) is 9.97. The number of carbonyl (C=O) groups is 1. The molecule has 0 bridgehead atoms. The Hall–Kier alpha value is -1.95. The summed E-state index contributed by atoms with van der Waals surface area (Å²) in [5.74, 6) is 4.29. The molecule has 3 aromatic rings. The zero-order valence-corrected chi connectivity index (χ0v) is 14.9. The molecule has 0 spiro atoms. The predicted octanol–water partition coefficient (Wildman–Crippen LogP) is 5.06. The van der Waals surface area contributed by atoms with Crippen molar-refractivity contribution in [2.24, 2.45) is 0 Å². The van der Waals surface area contributed by atoms with Gasteiger partial charge < -0.3 is 5.11 Å². The first-order valence-corrected chi connectivity index (χ1v) is 7.46. The van der Waals surface area contributed by atoms with Crippen molar-refractivity contribution in [1.29, 1.82) is 0 Å². The van der Waals surface area contributed by atoms with Gasteiger partial charge in [0.25, 0.3) is 0 Å². The number of Topliss-reactive ketones (excluding diaryl/α,β-unsaturated/α-hetero) is 1. The second-order valence-electron chi connectivity index (χ2n) is 4.50. The number of hydrogen-bond donors (Lipinski definition) is 1. The minimum Gasteiger partial charge on any atom is -0.506 e. The van der Waals surface area contributed by atoms with E-state index < -0.39 is 5.78 Å². The fourth-order valence-corrected chi connectivity index (χ4v) is 2.21. The van der Waals surface area contributed by atoms with E-state index in [1.165, 1.54) is 12.1 Å². The Morgan fingerprint density at radius 3 is 2.33 bits per heavy atom. The van der Waals surface area contributed by atoms with Gasteiger partial charge in [-0.2, -0.15) is 42.3 Å². The molecule has 0 atom stereocenters. The zero-order valence-electron chi connectivity index (χ0n) is 12.3. The molecule has 24 heavy (non-hydrogen) atoms. The molecule has 0 saturated carbocycles. The van der Waals surface area contributed by atoms with Crippen molar-refractivity contribution in [2.75, 3.05) is 0 Å². The summed E-state index contributed by atoms with van der Waals surface area (Å²) in [6.45, 7) is 0.